The Labute approximate surface area is 106 Å². The molecule has 3 nitrogen and oxygen atoms in total. The lowest BCUT2D eigenvalue weighted by Crippen LogP contribution is -2.41. The summed E-state index contributed by atoms with van der Waals surface area (Å²) in [4.78, 5) is 0. The molecular formula is C12H22F3NO2. The fourth-order valence-electron chi connectivity index (χ4n) is 2.25. The van der Waals surface area contributed by atoms with E-state index in [0.717, 1.165) is 26.0 Å². The molecule has 1 rings (SSSR count). The Balaban J connectivity index is 2.24. The van der Waals surface area contributed by atoms with Crippen LogP contribution in [0.3, 0.4) is 0 Å². The molecule has 1 fully saturated rings. The van der Waals surface area contributed by atoms with Crippen LogP contribution < -0.4 is 5.32 Å². The number of nitrogens with one attached hydrogen (secondary N) is 1. The van der Waals surface area contributed by atoms with Gasteiger partial charge in [-0.2, -0.15) is 13.2 Å². The topological polar surface area (TPSA) is 30.5 Å². The maximum atomic E-state index is 11.9. The Morgan fingerprint density at radius 1 is 1.44 bits per heavy atom. The SMILES string of the molecule is CCNC(CCOCC(F)(F)F)C1CCCOC1. The van der Waals surface area contributed by atoms with Crippen LogP contribution in [0.25, 0.3) is 0 Å². The fourth-order valence-corrected chi connectivity index (χ4v) is 2.25. The quantitative estimate of drug-likeness (QED) is 0.720. The third kappa shape index (κ3) is 6.56. The lowest BCUT2D eigenvalue weighted by Gasteiger charge is -2.30. The van der Waals surface area contributed by atoms with Crippen LogP contribution in [0.1, 0.15) is 26.2 Å². The minimum atomic E-state index is -4.23. The number of hydrogen-bond acceptors (Lipinski definition) is 3. The van der Waals surface area contributed by atoms with Gasteiger partial charge in [0.15, 0.2) is 0 Å². The molecule has 1 aliphatic rings. The summed E-state index contributed by atoms with van der Waals surface area (Å²) < 4.78 is 45.8. The van der Waals surface area contributed by atoms with Crippen LogP contribution in [0.4, 0.5) is 13.2 Å². The standard InChI is InChI=1S/C12H22F3NO2/c1-2-16-11(10-4-3-6-17-8-10)5-7-18-9-12(13,14)15/h10-11,16H,2-9H2,1H3. The normalized spacial score (nSPS) is 23.0. The molecule has 6 heteroatoms. The fraction of sp³-hybridized carbons (Fsp3) is 1.00. The van der Waals surface area contributed by atoms with Crippen LogP contribution in [0.15, 0.2) is 0 Å². The van der Waals surface area contributed by atoms with Crippen LogP contribution in [-0.4, -0.2) is 45.2 Å². The molecule has 0 aliphatic carbocycles. The number of rotatable bonds is 7. The van der Waals surface area contributed by atoms with Gasteiger partial charge in [-0.15, -0.1) is 0 Å². The summed E-state index contributed by atoms with van der Waals surface area (Å²) in [6, 6.07) is 0.184. The zero-order chi connectivity index (χ0) is 13.4. The van der Waals surface area contributed by atoms with Gasteiger partial charge in [-0.05, 0) is 31.7 Å². The van der Waals surface area contributed by atoms with Gasteiger partial charge in [0.2, 0.25) is 0 Å². The maximum Gasteiger partial charge on any atom is 0.411 e. The van der Waals surface area contributed by atoms with Gasteiger partial charge >= 0.3 is 6.18 Å². The van der Waals surface area contributed by atoms with Gasteiger partial charge in [0.05, 0.1) is 6.61 Å². The monoisotopic (exact) mass is 269 g/mol. The molecule has 18 heavy (non-hydrogen) atoms. The van der Waals surface area contributed by atoms with Gasteiger partial charge in [0.1, 0.15) is 6.61 Å². The summed E-state index contributed by atoms with van der Waals surface area (Å²) in [6.45, 7) is 3.26. The van der Waals surface area contributed by atoms with Gasteiger partial charge in [-0.25, -0.2) is 0 Å². The molecule has 108 valence electrons. The van der Waals surface area contributed by atoms with E-state index in [-0.39, 0.29) is 12.6 Å². The average Bonchev–Trinajstić information content (AvgIpc) is 2.33. The average molecular weight is 269 g/mol. The molecule has 0 aromatic rings. The first kappa shape index (κ1) is 15.7. The molecule has 1 aliphatic heterocycles. The van der Waals surface area contributed by atoms with E-state index < -0.39 is 12.8 Å². The van der Waals surface area contributed by atoms with E-state index in [4.69, 9.17) is 4.74 Å². The Kier molecular flexibility index (Phi) is 6.96. The van der Waals surface area contributed by atoms with E-state index in [9.17, 15) is 13.2 Å². The molecule has 1 saturated heterocycles. The summed E-state index contributed by atoms with van der Waals surface area (Å²) in [5, 5.41) is 3.31. The Morgan fingerprint density at radius 2 is 2.22 bits per heavy atom. The van der Waals surface area contributed by atoms with Crippen molar-refractivity contribution in [2.45, 2.75) is 38.4 Å². The van der Waals surface area contributed by atoms with Gasteiger partial charge in [0.25, 0.3) is 0 Å². The summed E-state index contributed by atoms with van der Waals surface area (Å²) in [5.41, 5.74) is 0. The van der Waals surface area contributed by atoms with E-state index in [1.807, 2.05) is 6.92 Å². The van der Waals surface area contributed by atoms with E-state index in [0.29, 0.717) is 18.9 Å². The second-order valence-electron chi connectivity index (χ2n) is 4.60. The van der Waals surface area contributed by atoms with Gasteiger partial charge in [-0.3, -0.25) is 0 Å². The van der Waals surface area contributed by atoms with Crippen LogP contribution in [0.2, 0.25) is 0 Å². The predicted molar refractivity (Wildman–Crippen MR) is 62.5 cm³/mol. The third-order valence-electron chi connectivity index (χ3n) is 3.07. The van der Waals surface area contributed by atoms with Crippen molar-refractivity contribution in [2.24, 2.45) is 5.92 Å². The molecule has 0 radical (unpaired) electrons. The smallest absolute Gasteiger partial charge is 0.381 e. The summed E-state index contributed by atoms with van der Waals surface area (Å²) in [5.74, 6) is 0.383. The first-order valence-electron chi connectivity index (χ1n) is 6.48. The van der Waals surface area contributed by atoms with Crippen molar-refractivity contribution in [3.63, 3.8) is 0 Å². The first-order valence-corrected chi connectivity index (χ1v) is 6.48. The van der Waals surface area contributed by atoms with Crippen LogP contribution in [-0.2, 0) is 9.47 Å². The molecule has 0 aromatic carbocycles. The second-order valence-corrected chi connectivity index (χ2v) is 4.60. The van der Waals surface area contributed by atoms with Crippen molar-refractivity contribution >= 4 is 0 Å². The van der Waals surface area contributed by atoms with Crippen molar-refractivity contribution in [1.29, 1.82) is 0 Å². The Morgan fingerprint density at radius 3 is 2.78 bits per heavy atom. The number of ether oxygens (including phenoxy) is 2. The summed E-state index contributed by atoms with van der Waals surface area (Å²) >= 11 is 0. The lowest BCUT2D eigenvalue weighted by atomic mass is 9.92. The highest BCUT2D eigenvalue weighted by atomic mass is 19.4. The van der Waals surface area contributed by atoms with E-state index >= 15 is 0 Å². The Hall–Kier alpha value is -0.330. The van der Waals surface area contributed by atoms with Gasteiger partial charge < -0.3 is 14.8 Å². The Bertz CT molecular complexity index is 218. The zero-order valence-corrected chi connectivity index (χ0v) is 10.8. The van der Waals surface area contributed by atoms with E-state index in [1.165, 1.54) is 0 Å². The molecule has 2 atom stereocenters. The van der Waals surface area contributed by atoms with Crippen molar-refractivity contribution in [3.8, 4) is 0 Å². The molecule has 0 aromatic heterocycles. The van der Waals surface area contributed by atoms with Crippen LogP contribution in [0, 0.1) is 5.92 Å². The molecule has 2 unspecified atom stereocenters. The summed E-state index contributed by atoms with van der Waals surface area (Å²) in [7, 11) is 0. The van der Waals surface area contributed by atoms with E-state index in [2.05, 4.69) is 10.1 Å². The minimum absolute atomic E-state index is 0.133. The van der Waals surface area contributed by atoms with E-state index in [1.54, 1.807) is 0 Å². The minimum Gasteiger partial charge on any atom is -0.381 e. The molecule has 0 amide bonds. The highest BCUT2D eigenvalue weighted by Gasteiger charge is 2.28. The molecule has 1 N–H and O–H groups in total. The first-order chi connectivity index (χ1) is 8.53. The zero-order valence-electron chi connectivity index (χ0n) is 10.8. The van der Waals surface area contributed by atoms with Crippen molar-refractivity contribution in [1.82, 2.24) is 5.32 Å². The van der Waals surface area contributed by atoms with Gasteiger partial charge in [-0.1, -0.05) is 6.92 Å². The third-order valence-corrected chi connectivity index (χ3v) is 3.07. The molecule has 0 saturated carbocycles. The lowest BCUT2D eigenvalue weighted by molar-refractivity contribution is -0.174. The highest BCUT2D eigenvalue weighted by molar-refractivity contribution is 4.78. The van der Waals surface area contributed by atoms with Crippen LogP contribution in [0.5, 0.6) is 0 Å². The van der Waals surface area contributed by atoms with Crippen LogP contribution >= 0.6 is 0 Å². The largest absolute Gasteiger partial charge is 0.411 e. The number of halogens is 3. The van der Waals surface area contributed by atoms with Crippen molar-refractivity contribution in [3.05, 3.63) is 0 Å². The highest BCUT2D eigenvalue weighted by Crippen LogP contribution is 2.20. The predicted octanol–water partition coefficient (Wildman–Crippen LogP) is 2.36. The maximum absolute atomic E-state index is 11.9. The molecule has 0 spiro atoms. The molecular weight excluding hydrogens is 247 g/mol. The second kappa shape index (κ2) is 7.96. The molecule has 0 bridgehead atoms. The van der Waals surface area contributed by atoms with Crippen molar-refractivity contribution in [2.75, 3.05) is 33.0 Å². The van der Waals surface area contributed by atoms with Crippen molar-refractivity contribution < 1.29 is 22.6 Å². The van der Waals surface area contributed by atoms with Gasteiger partial charge in [0, 0.05) is 19.3 Å². The summed E-state index contributed by atoms with van der Waals surface area (Å²) in [6.07, 6.45) is -1.55. The molecule has 1 heterocycles. The number of alkyl halides is 3. The number of hydrogen-bond donors (Lipinski definition) is 1.